The van der Waals surface area contributed by atoms with E-state index in [1.54, 1.807) is 0 Å². The van der Waals surface area contributed by atoms with Gasteiger partial charge in [-0.2, -0.15) is 24.9 Å². The van der Waals surface area contributed by atoms with Crippen LogP contribution in [0.2, 0.25) is 0 Å². The van der Waals surface area contributed by atoms with Gasteiger partial charge in [-0.25, -0.2) is 8.42 Å². The van der Waals surface area contributed by atoms with Crippen molar-refractivity contribution in [1.29, 1.82) is 5.46 Å². The van der Waals surface area contributed by atoms with Gasteiger partial charge in [0, 0.05) is 38.3 Å². The van der Waals surface area contributed by atoms with Gasteiger partial charge in [0.25, 0.3) is 0 Å². The number of nitrogens with zero attached hydrogens (tertiary/aromatic N) is 1. The maximum absolute atomic E-state index is 10.7. The summed E-state index contributed by atoms with van der Waals surface area (Å²) < 4.78 is 66.2. The third-order valence-electron chi connectivity index (χ3n) is 4.35. The van der Waals surface area contributed by atoms with Crippen LogP contribution in [-0.2, 0) is 35.3 Å². The van der Waals surface area contributed by atoms with Gasteiger partial charge in [0.2, 0.25) is 0 Å². The van der Waals surface area contributed by atoms with Crippen molar-refractivity contribution in [2.45, 2.75) is 5.51 Å². The Morgan fingerprint density at radius 1 is 0.738 bits per heavy atom. The van der Waals surface area contributed by atoms with E-state index in [0.29, 0.717) is 0 Å². The summed E-state index contributed by atoms with van der Waals surface area (Å²) in [6, 6.07) is 32.3. The fourth-order valence-electron chi connectivity index (χ4n) is 2.73. The summed E-state index contributed by atoms with van der Waals surface area (Å²) in [5, 5.41) is 4.19. The molecular formula is C30H30F3NO4PReS2. The molecule has 0 saturated heterocycles. The molecule has 5 nitrogen and oxygen atoms in total. The molecule has 0 heterocycles. The zero-order valence-electron chi connectivity index (χ0n) is 22.4. The van der Waals surface area contributed by atoms with E-state index in [4.69, 9.17) is 23.2 Å². The van der Waals surface area contributed by atoms with Crippen molar-refractivity contribution in [1.82, 2.24) is 0 Å². The van der Waals surface area contributed by atoms with Crippen LogP contribution < -0.4 is 15.9 Å². The number of alkyl halides is 3. The minimum absolute atomic E-state index is 0. The fraction of sp³-hybridized carbons (Fsp3) is 0.100. The van der Waals surface area contributed by atoms with E-state index < -0.39 is 23.5 Å². The van der Waals surface area contributed by atoms with Gasteiger partial charge in [-0.05, 0) is 23.8 Å². The first-order valence-electron chi connectivity index (χ1n) is 11.7. The van der Waals surface area contributed by atoms with Crippen LogP contribution in [-0.4, -0.2) is 30.0 Å². The van der Waals surface area contributed by atoms with E-state index in [2.05, 4.69) is 104 Å². The van der Waals surface area contributed by atoms with Gasteiger partial charge < -0.3 is 4.55 Å². The Morgan fingerprint density at radius 3 is 1.21 bits per heavy atom. The van der Waals surface area contributed by atoms with Gasteiger partial charge in [-0.3, -0.25) is 0 Å². The summed E-state index contributed by atoms with van der Waals surface area (Å²) in [7, 11) is -6.54. The average molecular weight is 807 g/mol. The number of thioether (sulfide) groups is 1. The third kappa shape index (κ3) is 18.8. The average Bonchev–Trinajstić information content (AvgIpc) is 3.57. The maximum atomic E-state index is 10.7. The number of benzene rings is 3. The second-order valence-corrected chi connectivity index (χ2v) is 12.0. The fourth-order valence-corrected chi connectivity index (χ4v) is 5.51. The van der Waals surface area contributed by atoms with Crippen LogP contribution in [0.1, 0.15) is 0 Å². The molecule has 0 N–H and O–H groups in total. The van der Waals surface area contributed by atoms with Gasteiger partial charge in [0.05, 0.1) is 0 Å². The van der Waals surface area contributed by atoms with E-state index in [9.17, 15) is 13.2 Å². The standard InChI is InChI=1S/C18H15P.C6H10S.C5H5.CHF3O3S.NO.Re/c1-4-10-16(11-5-1)19(17-12-6-2-7-13-17)18-14-8-3-9-15-18;1-3-5-7-6-4-2;1-2-4-5-3-1;2-1(3,4)8(5,6)7;1-2;/h1-15H;3-4H,1-2,5-6H2;1-5H;(H,5,6,7);;/q;;;;+1;/p-1. The van der Waals surface area contributed by atoms with Crippen molar-refractivity contribution >= 4 is 45.7 Å². The molecule has 0 spiro atoms. The topological polar surface area (TPSA) is 101 Å². The van der Waals surface area contributed by atoms with Gasteiger partial charge in [0.15, 0.2) is 10.1 Å². The Kier molecular flexibility index (Phi) is 24.7. The normalized spacial score (nSPS) is 10.9. The maximum Gasteiger partial charge on any atom is 0.485 e. The summed E-state index contributed by atoms with van der Waals surface area (Å²) >= 11 is 1.82. The van der Waals surface area contributed by atoms with Crippen molar-refractivity contribution in [3.05, 3.63) is 147 Å². The largest absolute Gasteiger partial charge is 0.741 e. The SMILES string of the molecule is C=CCSCC=C.N#[O+].O=S(=O)([O-])C(F)(F)F.[CH]1C=CC=C1.[Re].c1ccc(P(c2ccccc2)c2ccccc2)cc1. The molecule has 12 heteroatoms. The summed E-state index contributed by atoms with van der Waals surface area (Å²) in [5.41, 5.74) is 0.104. The Hall–Kier alpha value is -2.57. The molecule has 4 rings (SSSR count). The molecule has 2 radical (unpaired) electrons. The van der Waals surface area contributed by atoms with Crippen molar-refractivity contribution in [3.8, 4) is 0 Å². The van der Waals surface area contributed by atoms with E-state index in [-0.39, 0.29) is 20.4 Å². The Bertz CT molecular complexity index is 1200. The predicted molar refractivity (Wildman–Crippen MR) is 164 cm³/mol. The molecule has 0 aliphatic heterocycles. The van der Waals surface area contributed by atoms with E-state index in [1.165, 1.54) is 15.9 Å². The first-order chi connectivity index (χ1) is 19.6. The number of hydrogen-bond acceptors (Lipinski definition) is 5. The Labute approximate surface area is 265 Å². The number of halogens is 3. The number of allylic oxidation sites excluding steroid dienone is 4. The molecule has 0 atom stereocenters. The van der Waals surface area contributed by atoms with E-state index >= 15 is 0 Å². The quantitative estimate of drug-likeness (QED) is 0.0654. The predicted octanol–water partition coefficient (Wildman–Crippen LogP) is 6.80. The molecule has 0 aromatic heterocycles. The van der Waals surface area contributed by atoms with Crippen LogP contribution in [0.5, 0.6) is 0 Å². The van der Waals surface area contributed by atoms with Crippen LogP contribution >= 0.6 is 19.7 Å². The molecule has 0 bridgehead atoms. The van der Waals surface area contributed by atoms with Crippen molar-refractivity contribution in [2.75, 3.05) is 11.5 Å². The van der Waals surface area contributed by atoms with Crippen LogP contribution in [0, 0.1) is 11.9 Å². The zero-order valence-corrected chi connectivity index (χ0v) is 27.6. The minimum atomic E-state index is -6.09. The third-order valence-corrected chi connectivity index (χ3v) is 8.31. The van der Waals surface area contributed by atoms with E-state index in [1.807, 2.05) is 54.6 Å². The molecule has 0 fully saturated rings. The van der Waals surface area contributed by atoms with Crippen LogP contribution in [0.4, 0.5) is 13.2 Å². The molecular weight excluding hydrogens is 777 g/mol. The van der Waals surface area contributed by atoms with Crippen LogP contribution in [0.25, 0.3) is 0 Å². The summed E-state index contributed by atoms with van der Waals surface area (Å²) in [4.78, 5) is 0. The van der Waals surface area contributed by atoms with Gasteiger partial charge in [-0.1, -0.05) is 127 Å². The summed E-state index contributed by atoms with van der Waals surface area (Å²) in [5.74, 6) is 2.07. The van der Waals surface area contributed by atoms with Crippen LogP contribution in [0.15, 0.2) is 141 Å². The van der Waals surface area contributed by atoms with Gasteiger partial charge >= 0.3 is 15.7 Å². The first kappa shape index (κ1) is 41.6. The molecule has 224 valence electrons. The van der Waals surface area contributed by atoms with Gasteiger partial charge in [0.1, 0.15) is 0 Å². The minimum Gasteiger partial charge on any atom is -0.741 e. The number of hydrogen-bond donors (Lipinski definition) is 0. The van der Waals surface area contributed by atoms with Crippen molar-refractivity contribution in [2.24, 2.45) is 0 Å². The Morgan fingerprint density at radius 2 is 1.02 bits per heavy atom. The van der Waals surface area contributed by atoms with E-state index in [0.717, 1.165) is 11.5 Å². The van der Waals surface area contributed by atoms with Gasteiger partial charge in [-0.15, -0.1) is 13.2 Å². The first-order valence-corrected chi connectivity index (χ1v) is 15.6. The van der Waals surface area contributed by atoms with Crippen molar-refractivity contribution < 1.29 is 51.3 Å². The second kappa shape index (κ2) is 25.0. The zero-order chi connectivity index (χ0) is 31.0. The Balaban J connectivity index is 0. The molecule has 0 unspecified atom stereocenters. The smallest absolute Gasteiger partial charge is 0.485 e. The summed E-state index contributed by atoms with van der Waals surface area (Å²) in [6.07, 6.45) is 13.8. The molecule has 0 amide bonds. The molecule has 3 aromatic rings. The van der Waals surface area contributed by atoms with Crippen LogP contribution in [0.3, 0.4) is 0 Å². The molecule has 3 aromatic carbocycles. The second-order valence-electron chi connectivity index (χ2n) is 7.32. The summed E-state index contributed by atoms with van der Waals surface area (Å²) in [6.45, 7) is 7.15. The molecule has 0 saturated carbocycles. The number of rotatable bonds is 7. The molecule has 1 aliphatic rings. The monoisotopic (exact) mass is 807 g/mol. The molecule has 42 heavy (non-hydrogen) atoms. The molecule has 1 aliphatic carbocycles. The van der Waals surface area contributed by atoms with Crippen molar-refractivity contribution in [3.63, 3.8) is 0 Å².